The van der Waals surface area contributed by atoms with Crippen LogP contribution >= 0.6 is 0 Å². The van der Waals surface area contributed by atoms with Crippen molar-refractivity contribution in [3.8, 4) is 0 Å². The summed E-state index contributed by atoms with van der Waals surface area (Å²) in [5.41, 5.74) is -0.664. The summed E-state index contributed by atoms with van der Waals surface area (Å²) in [4.78, 5) is -0.669. The molecule has 0 radical (unpaired) electrons. The van der Waals surface area contributed by atoms with Crippen molar-refractivity contribution in [3.63, 3.8) is 0 Å². The van der Waals surface area contributed by atoms with Crippen molar-refractivity contribution >= 4 is 10.0 Å². The highest BCUT2D eigenvalue weighted by atomic mass is 32.2. The molecular weight excluding hydrogens is 264 g/mol. The number of benzene rings is 1. The highest BCUT2D eigenvalue weighted by molar-refractivity contribution is 7.89. The zero-order chi connectivity index (χ0) is 13.9. The Kier molecular flexibility index (Phi) is 4.55. The van der Waals surface area contributed by atoms with Gasteiger partial charge in [-0.15, -0.1) is 6.58 Å². The second-order valence-electron chi connectivity index (χ2n) is 3.57. The topological polar surface area (TPSA) is 57.6 Å². The van der Waals surface area contributed by atoms with E-state index in [1.165, 1.54) is 13.1 Å². The third kappa shape index (κ3) is 2.58. The maximum Gasteiger partial charge on any atom is 0.246 e. The third-order valence-electron chi connectivity index (χ3n) is 2.38. The second kappa shape index (κ2) is 5.55. The van der Waals surface area contributed by atoms with E-state index in [0.717, 1.165) is 16.4 Å². The summed E-state index contributed by atoms with van der Waals surface area (Å²) in [6, 6.07) is 1.64. The zero-order valence-electron chi connectivity index (χ0n) is 9.73. The molecule has 0 aliphatic rings. The Labute approximate surface area is 104 Å². The summed E-state index contributed by atoms with van der Waals surface area (Å²) in [7, 11) is -2.82. The van der Waals surface area contributed by atoms with Gasteiger partial charge in [0.05, 0.1) is 12.2 Å². The van der Waals surface area contributed by atoms with E-state index in [4.69, 9.17) is 5.11 Å². The molecule has 100 valence electrons. The number of aliphatic hydroxyl groups is 1. The van der Waals surface area contributed by atoms with Crippen LogP contribution in [0.15, 0.2) is 29.7 Å². The molecule has 0 atom stereocenters. The Balaban J connectivity index is 3.38. The Hall–Kier alpha value is -1.31. The third-order valence-corrected chi connectivity index (χ3v) is 4.22. The van der Waals surface area contributed by atoms with E-state index < -0.39 is 38.7 Å². The van der Waals surface area contributed by atoms with Crippen molar-refractivity contribution in [1.82, 2.24) is 4.31 Å². The van der Waals surface area contributed by atoms with Gasteiger partial charge in [0.2, 0.25) is 10.0 Å². The minimum Gasteiger partial charge on any atom is -0.391 e. The maximum absolute atomic E-state index is 13.8. The highest BCUT2D eigenvalue weighted by Crippen LogP contribution is 2.23. The van der Waals surface area contributed by atoms with Crippen LogP contribution in [0.5, 0.6) is 0 Å². The van der Waals surface area contributed by atoms with E-state index in [-0.39, 0.29) is 6.54 Å². The first kappa shape index (κ1) is 14.7. The fourth-order valence-electron chi connectivity index (χ4n) is 1.37. The molecule has 0 unspecified atom stereocenters. The lowest BCUT2D eigenvalue weighted by molar-refractivity contribution is 0.267. The monoisotopic (exact) mass is 277 g/mol. The molecule has 0 bridgehead atoms. The minimum absolute atomic E-state index is 0.00634. The minimum atomic E-state index is -4.07. The molecule has 1 aromatic carbocycles. The van der Waals surface area contributed by atoms with Gasteiger partial charge in [0, 0.05) is 13.6 Å². The van der Waals surface area contributed by atoms with Crippen LogP contribution in [0.25, 0.3) is 0 Å². The van der Waals surface area contributed by atoms with E-state index in [0.29, 0.717) is 0 Å². The molecule has 1 rings (SSSR count). The van der Waals surface area contributed by atoms with Crippen LogP contribution in [0.1, 0.15) is 5.56 Å². The summed E-state index contributed by atoms with van der Waals surface area (Å²) in [5.74, 6) is -2.26. The standard InChI is InChI=1S/C11H13F2NO3S/c1-3-6-14(2)18(16,17)10-5-4-9(12)8(7-15)11(10)13/h3-5,15H,1,6-7H2,2H3. The van der Waals surface area contributed by atoms with Crippen molar-refractivity contribution in [3.05, 3.63) is 42.0 Å². The van der Waals surface area contributed by atoms with Gasteiger partial charge in [-0.2, -0.15) is 4.31 Å². The summed E-state index contributed by atoms with van der Waals surface area (Å²) in [5, 5.41) is 8.83. The lowest BCUT2D eigenvalue weighted by atomic mass is 10.2. The Bertz CT molecular complexity index is 558. The van der Waals surface area contributed by atoms with Gasteiger partial charge in [-0.25, -0.2) is 17.2 Å². The van der Waals surface area contributed by atoms with Gasteiger partial charge in [0.1, 0.15) is 10.7 Å². The number of likely N-dealkylation sites (N-methyl/N-ethyl adjacent to an activating group) is 1. The van der Waals surface area contributed by atoms with Crippen LogP contribution < -0.4 is 0 Å². The number of aliphatic hydroxyl groups excluding tert-OH is 1. The van der Waals surface area contributed by atoms with Gasteiger partial charge in [0.25, 0.3) is 0 Å². The zero-order valence-corrected chi connectivity index (χ0v) is 10.5. The predicted molar refractivity (Wildman–Crippen MR) is 62.3 cm³/mol. The first-order valence-electron chi connectivity index (χ1n) is 5.01. The summed E-state index contributed by atoms with van der Waals surface area (Å²) >= 11 is 0. The molecule has 0 heterocycles. The Morgan fingerprint density at radius 1 is 1.44 bits per heavy atom. The van der Waals surface area contributed by atoms with Crippen LogP contribution in [-0.2, 0) is 16.6 Å². The van der Waals surface area contributed by atoms with E-state index in [9.17, 15) is 17.2 Å². The molecule has 7 heteroatoms. The first-order chi connectivity index (χ1) is 8.36. The van der Waals surface area contributed by atoms with E-state index in [1.807, 2.05) is 0 Å². The summed E-state index contributed by atoms with van der Waals surface area (Å²) in [6.45, 7) is 2.46. The van der Waals surface area contributed by atoms with E-state index in [1.54, 1.807) is 0 Å². The number of hydrogen-bond donors (Lipinski definition) is 1. The number of nitrogens with zero attached hydrogens (tertiary/aromatic N) is 1. The smallest absolute Gasteiger partial charge is 0.246 e. The van der Waals surface area contributed by atoms with Crippen molar-refractivity contribution in [2.24, 2.45) is 0 Å². The van der Waals surface area contributed by atoms with Gasteiger partial charge in [-0.05, 0) is 12.1 Å². The van der Waals surface area contributed by atoms with Gasteiger partial charge in [-0.3, -0.25) is 0 Å². The maximum atomic E-state index is 13.8. The molecule has 0 saturated carbocycles. The first-order valence-corrected chi connectivity index (χ1v) is 6.45. The second-order valence-corrected chi connectivity index (χ2v) is 5.58. The number of halogens is 2. The highest BCUT2D eigenvalue weighted by Gasteiger charge is 2.26. The Morgan fingerprint density at radius 3 is 2.56 bits per heavy atom. The molecule has 4 nitrogen and oxygen atoms in total. The summed E-state index contributed by atoms with van der Waals surface area (Å²) < 4.78 is 51.7. The molecule has 0 aromatic heterocycles. The van der Waals surface area contributed by atoms with Crippen LogP contribution in [0.4, 0.5) is 8.78 Å². The molecule has 0 aliphatic heterocycles. The lowest BCUT2D eigenvalue weighted by Crippen LogP contribution is -2.28. The van der Waals surface area contributed by atoms with Crippen LogP contribution in [0.3, 0.4) is 0 Å². The number of rotatable bonds is 5. The quantitative estimate of drug-likeness (QED) is 0.824. The average molecular weight is 277 g/mol. The Morgan fingerprint density at radius 2 is 2.06 bits per heavy atom. The van der Waals surface area contributed by atoms with Crippen molar-refractivity contribution < 1.29 is 22.3 Å². The van der Waals surface area contributed by atoms with Gasteiger partial charge in [-0.1, -0.05) is 6.08 Å². The predicted octanol–water partition coefficient (Wildman–Crippen LogP) is 1.26. The van der Waals surface area contributed by atoms with Crippen molar-refractivity contribution in [2.45, 2.75) is 11.5 Å². The average Bonchev–Trinajstić information content (AvgIpc) is 2.29. The molecule has 0 amide bonds. The molecule has 0 saturated heterocycles. The molecule has 18 heavy (non-hydrogen) atoms. The summed E-state index contributed by atoms with van der Waals surface area (Å²) in [6.07, 6.45) is 1.34. The van der Waals surface area contributed by atoms with Crippen LogP contribution in [-0.4, -0.2) is 31.4 Å². The molecular formula is C11H13F2NO3S. The fraction of sp³-hybridized carbons (Fsp3) is 0.273. The van der Waals surface area contributed by atoms with Gasteiger partial charge in [0.15, 0.2) is 5.82 Å². The molecule has 1 aromatic rings. The molecule has 1 N–H and O–H groups in total. The van der Waals surface area contributed by atoms with Gasteiger partial charge < -0.3 is 5.11 Å². The largest absolute Gasteiger partial charge is 0.391 e. The lowest BCUT2D eigenvalue weighted by Gasteiger charge is -2.16. The normalized spacial score (nSPS) is 11.8. The molecule has 0 aliphatic carbocycles. The van der Waals surface area contributed by atoms with Gasteiger partial charge >= 0.3 is 0 Å². The fourth-order valence-corrected chi connectivity index (χ4v) is 2.60. The number of hydrogen-bond acceptors (Lipinski definition) is 3. The number of sulfonamides is 1. The SMILES string of the molecule is C=CCN(C)S(=O)(=O)c1ccc(F)c(CO)c1F. The molecule has 0 fully saturated rings. The van der Waals surface area contributed by atoms with Crippen LogP contribution in [0.2, 0.25) is 0 Å². The van der Waals surface area contributed by atoms with Crippen molar-refractivity contribution in [2.75, 3.05) is 13.6 Å². The van der Waals surface area contributed by atoms with Crippen molar-refractivity contribution in [1.29, 1.82) is 0 Å². The molecule has 0 spiro atoms. The van der Waals surface area contributed by atoms with E-state index in [2.05, 4.69) is 6.58 Å². The van der Waals surface area contributed by atoms with Crippen LogP contribution in [0, 0.1) is 11.6 Å². The van der Waals surface area contributed by atoms with E-state index >= 15 is 0 Å².